The molecule has 1 aliphatic carbocycles. The van der Waals surface area contributed by atoms with Crippen molar-refractivity contribution in [1.29, 1.82) is 0 Å². The van der Waals surface area contributed by atoms with Crippen LogP contribution in [-0.4, -0.2) is 18.1 Å². The van der Waals surface area contributed by atoms with E-state index in [1.807, 2.05) is 30.3 Å². The predicted molar refractivity (Wildman–Crippen MR) is 75.4 cm³/mol. The van der Waals surface area contributed by atoms with E-state index < -0.39 is 0 Å². The summed E-state index contributed by atoms with van der Waals surface area (Å²) in [6.45, 7) is 2.19. The first-order valence-electron chi connectivity index (χ1n) is 6.57. The van der Waals surface area contributed by atoms with Crippen molar-refractivity contribution in [1.82, 2.24) is 5.32 Å². The molecule has 2 atom stereocenters. The third-order valence-corrected chi connectivity index (χ3v) is 3.25. The quantitative estimate of drug-likeness (QED) is 0.494. The lowest BCUT2D eigenvalue weighted by Crippen LogP contribution is -2.31. The van der Waals surface area contributed by atoms with Gasteiger partial charge in [-0.2, -0.15) is 0 Å². The van der Waals surface area contributed by atoms with Gasteiger partial charge in [-0.15, -0.1) is 0 Å². The lowest BCUT2D eigenvalue weighted by atomic mass is 10.00. The average Bonchev–Trinajstić information content (AvgIpc) is 2.39. The molecule has 1 aromatic rings. The SMILES string of the molecule is CC(=O)O[C@H]1C=C[C@H](NCc2ccccc2N)CC1. The van der Waals surface area contributed by atoms with E-state index in [2.05, 4.69) is 11.4 Å². The van der Waals surface area contributed by atoms with Crippen LogP contribution in [0.2, 0.25) is 0 Å². The van der Waals surface area contributed by atoms with Crippen LogP contribution in [0.15, 0.2) is 36.4 Å². The Hall–Kier alpha value is -1.81. The van der Waals surface area contributed by atoms with Gasteiger partial charge in [0.1, 0.15) is 6.10 Å². The monoisotopic (exact) mass is 260 g/mol. The molecule has 0 saturated carbocycles. The second-order valence-electron chi connectivity index (χ2n) is 4.80. The summed E-state index contributed by atoms with van der Waals surface area (Å²) in [6, 6.07) is 8.16. The maximum absolute atomic E-state index is 10.9. The number of carbonyl (C=O) groups excluding carboxylic acids is 1. The van der Waals surface area contributed by atoms with Crippen molar-refractivity contribution in [2.24, 2.45) is 0 Å². The fraction of sp³-hybridized carbons (Fsp3) is 0.400. The maximum atomic E-state index is 10.9. The average molecular weight is 260 g/mol. The fourth-order valence-corrected chi connectivity index (χ4v) is 2.21. The second kappa shape index (κ2) is 6.38. The van der Waals surface area contributed by atoms with Gasteiger partial charge in [-0.3, -0.25) is 4.79 Å². The Kier molecular flexibility index (Phi) is 4.58. The Bertz CT molecular complexity index is 471. The highest BCUT2D eigenvalue weighted by Crippen LogP contribution is 2.16. The van der Waals surface area contributed by atoms with Gasteiger partial charge in [0.15, 0.2) is 0 Å². The van der Waals surface area contributed by atoms with Gasteiger partial charge in [0, 0.05) is 25.2 Å². The van der Waals surface area contributed by atoms with Gasteiger partial charge in [0.2, 0.25) is 0 Å². The number of nitrogen functional groups attached to an aromatic ring is 1. The molecule has 102 valence electrons. The highest BCUT2D eigenvalue weighted by Gasteiger charge is 2.17. The van der Waals surface area contributed by atoms with Crippen molar-refractivity contribution >= 4 is 11.7 Å². The standard InChI is InChI=1S/C15H20N2O2/c1-11(18)19-14-8-6-13(7-9-14)17-10-12-4-2-3-5-15(12)16/h2-6,8,13-14,17H,7,9-10,16H2,1H3/t13-,14-/m0/s1. The van der Waals surface area contributed by atoms with E-state index in [0.29, 0.717) is 6.04 Å². The zero-order chi connectivity index (χ0) is 13.7. The Morgan fingerprint density at radius 3 is 2.79 bits per heavy atom. The molecule has 0 bridgehead atoms. The molecule has 0 saturated heterocycles. The summed E-state index contributed by atoms with van der Waals surface area (Å²) in [6.07, 6.45) is 5.77. The minimum Gasteiger partial charge on any atom is -0.458 e. The zero-order valence-corrected chi connectivity index (χ0v) is 11.1. The van der Waals surface area contributed by atoms with E-state index in [9.17, 15) is 4.79 Å². The summed E-state index contributed by atoms with van der Waals surface area (Å²) in [5.41, 5.74) is 7.82. The molecule has 0 amide bonds. The van der Waals surface area contributed by atoms with Gasteiger partial charge in [-0.1, -0.05) is 24.3 Å². The van der Waals surface area contributed by atoms with Gasteiger partial charge in [0.25, 0.3) is 0 Å². The topological polar surface area (TPSA) is 64.3 Å². The number of nitrogens with one attached hydrogen (secondary N) is 1. The van der Waals surface area contributed by atoms with E-state index in [-0.39, 0.29) is 12.1 Å². The first-order chi connectivity index (χ1) is 9.15. The van der Waals surface area contributed by atoms with E-state index in [0.717, 1.165) is 30.6 Å². The molecule has 0 unspecified atom stereocenters. The predicted octanol–water partition coefficient (Wildman–Crippen LogP) is 2.01. The maximum Gasteiger partial charge on any atom is 0.303 e. The second-order valence-corrected chi connectivity index (χ2v) is 4.80. The number of esters is 1. The molecule has 3 N–H and O–H groups in total. The normalized spacial score (nSPS) is 22.2. The van der Waals surface area contributed by atoms with Crippen LogP contribution in [0.1, 0.15) is 25.3 Å². The number of ether oxygens (including phenoxy) is 1. The summed E-state index contributed by atoms with van der Waals surface area (Å²) in [7, 11) is 0. The summed E-state index contributed by atoms with van der Waals surface area (Å²) in [4.78, 5) is 10.9. The largest absolute Gasteiger partial charge is 0.458 e. The summed E-state index contributed by atoms with van der Waals surface area (Å²) in [5, 5.41) is 3.45. The van der Waals surface area contributed by atoms with Crippen LogP contribution in [0.5, 0.6) is 0 Å². The van der Waals surface area contributed by atoms with Crippen LogP contribution in [-0.2, 0) is 16.1 Å². The molecule has 1 aliphatic rings. The molecular formula is C15H20N2O2. The minimum atomic E-state index is -0.224. The Morgan fingerprint density at radius 2 is 2.16 bits per heavy atom. The lowest BCUT2D eigenvalue weighted by molar-refractivity contribution is -0.144. The van der Waals surface area contributed by atoms with E-state index in [4.69, 9.17) is 10.5 Å². The number of carbonyl (C=O) groups is 1. The van der Waals surface area contributed by atoms with Crippen molar-refractivity contribution in [3.8, 4) is 0 Å². The Morgan fingerprint density at radius 1 is 1.37 bits per heavy atom. The molecule has 0 aliphatic heterocycles. The van der Waals surface area contributed by atoms with Crippen LogP contribution in [0.4, 0.5) is 5.69 Å². The summed E-state index contributed by atoms with van der Waals surface area (Å²) >= 11 is 0. The van der Waals surface area contributed by atoms with Crippen molar-refractivity contribution in [3.63, 3.8) is 0 Å². The lowest BCUT2D eigenvalue weighted by Gasteiger charge is -2.23. The highest BCUT2D eigenvalue weighted by atomic mass is 16.5. The Labute approximate surface area is 113 Å². The van der Waals surface area contributed by atoms with Crippen LogP contribution in [0.3, 0.4) is 0 Å². The van der Waals surface area contributed by atoms with Crippen molar-refractivity contribution in [2.45, 2.75) is 38.5 Å². The molecule has 4 heteroatoms. The molecule has 1 aromatic carbocycles. The van der Waals surface area contributed by atoms with Gasteiger partial charge in [-0.25, -0.2) is 0 Å². The molecule has 4 nitrogen and oxygen atoms in total. The summed E-state index contributed by atoms with van der Waals surface area (Å²) < 4.78 is 5.15. The number of anilines is 1. The fourth-order valence-electron chi connectivity index (χ4n) is 2.21. The van der Waals surface area contributed by atoms with E-state index in [1.54, 1.807) is 0 Å². The molecule has 19 heavy (non-hydrogen) atoms. The number of rotatable bonds is 4. The third-order valence-electron chi connectivity index (χ3n) is 3.25. The molecule has 2 rings (SSSR count). The molecule has 0 radical (unpaired) electrons. The van der Waals surface area contributed by atoms with Gasteiger partial charge < -0.3 is 15.8 Å². The number of benzene rings is 1. The Balaban J connectivity index is 1.82. The highest BCUT2D eigenvalue weighted by molar-refractivity contribution is 5.66. The smallest absolute Gasteiger partial charge is 0.303 e. The van der Waals surface area contributed by atoms with Crippen molar-refractivity contribution in [3.05, 3.63) is 42.0 Å². The first-order valence-corrected chi connectivity index (χ1v) is 6.57. The first kappa shape index (κ1) is 13.6. The minimum absolute atomic E-state index is 0.0719. The molecule has 0 heterocycles. The van der Waals surface area contributed by atoms with Crippen LogP contribution in [0.25, 0.3) is 0 Å². The number of para-hydroxylation sites is 1. The van der Waals surface area contributed by atoms with Gasteiger partial charge >= 0.3 is 5.97 Å². The molecule has 0 aromatic heterocycles. The molecule has 0 fully saturated rings. The zero-order valence-electron chi connectivity index (χ0n) is 11.1. The van der Waals surface area contributed by atoms with Crippen LogP contribution in [0, 0.1) is 0 Å². The summed E-state index contributed by atoms with van der Waals surface area (Å²) in [5.74, 6) is -0.224. The molecule has 0 spiro atoms. The third kappa shape index (κ3) is 4.10. The van der Waals surface area contributed by atoms with E-state index in [1.165, 1.54) is 6.92 Å². The van der Waals surface area contributed by atoms with Crippen LogP contribution < -0.4 is 11.1 Å². The number of hydrogen-bond acceptors (Lipinski definition) is 4. The van der Waals surface area contributed by atoms with Crippen molar-refractivity contribution in [2.75, 3.05) is 5.73 Å². The number of hydrogen-bond donors (Lipinski definition) is 2. The van der Waals surface area contributed by atoms with Gasteiger partial charge in [0.05, 0.1) is 0 Å². The number of nitrogens with two attached hydrogens (primary N) is 1. The molecular weight excluding hydrogens is 240 g/mol. The van der Waals surface area contributed by atoms with E-state index >= 15 is 0 Å². The van der Waals surface area contributed by atoms with Crippen LogP contribution >= 0.6 is 0 Å². The van der Waals surface area contributed by atoms with Crippen molar-refractivity contribution < 1.29 is 9.53 Å². The van der Waals surface area contributed by atoms with Gasteiger partial charge in [-0.05, 0) is 30.5 Å².